The molecule has 3 N–H and O–H groups in total. The number of primary sulfonamides is 1. The van der Waals surface area contributed by atoms with Crippen molar-refractivity contribution in [3.05, 3.63) is 88.4 Å². The van der Waals surface area contributed by atoms with Gasteiger partial charge in [-0.3, -0.25) is 4.79 Å². The maximum absolute atomic E-state index is 13.3. The number of hydrogen-bond donors (Lipinski definition) is 2. The van der Waals surface area contributed by atoms with Crippen molar-refractivity contribution in [3.63, 3.8) is 0 Å². The molecule has 0 aromatic heterocycles. The van der Waals surface area contributed by atoms with Crippen molar-refractivity contribution in [3.8, 4) is 0 Å². The molecule has 33 heavy (non-hydrogen) atoms. The normalized spacial score (nSPS) is 12.0. The van der Waals surface area contributed by atoms with Crippen molar-refractivity contribution < 1.29 is 21.6 Å². The lowest BCUT2D eigenvalue weighted by atomic mass is 10.1. The molecular weight excluding hydrogens is 530 g/mol. The van der Waals surface area contributed by atoms with Gasteiger partial charge >= 0.3 is 0 Å². The molecule has 3 aromatic carbocycles. The molecule has 11 heteroatoms. The number of benzene rings is 3. The van der Waals surface area contributed by atoms with Gasteiger partial charge in [-0.05, 0) is 61.0 Å². The van der Waals surface area contributed by atoms with E-state index in [0.717, 1.165) is 19.9 Å². The van der Waals surface area contributed by atoms with E-state index < -0.39 is 32.5 Å². The van der Waals surface area contributed by atoms with E-state index >= 15 is 0 Å². The largest absolute Gasteiger partial charge is 0.325 e. The molecule has 8 nitrogen and oxygen atoms in total. The number of nitrogens with zero attached hydrogens (tertiary/aromatic N) is 1. The number of aryl methyl sites for hydroxylation is 1. The van der Waals surface area contributed by atoms with Crippen LogP contribution in [0.5, 0.6) is 0 Å². The second-order valence-corrected chi connectivity index (χ2v) is 11.7. The number of hydrogen-bond acceptors (Lipinski definition) is 5. The lowest BCUT2D eigenvalue weighted by molar-refractivity contribution is -0.116. The van der Waals surface area contributed by atoms with Crippen LogP contribution in [0.2, 0.25) is 0 Å². The summed E-state index contributed by atoms with van der Waals surface area (Å²) in [4.78, 5) is 12.7. The molecule has 3 rings (SSSR count). The fourth-order valence-electron chi connectivity index (χ4n) is 2.97. The van der Waals surface area contributed by atoms with Crippen molar-refractivity contribution in [2.45, 2.75) is 23.3 Å². The Balaban J connectivity index is 1.84. The first kappa shape index (κ1) is 25.1. The zero-order valence-electron chi connectivity index (χ0n) is 17.6. The fourth-order valence-corrected chi connectivity index (χ4v) is 5.13. The number of carbonyl (C=O) groups excluding carboxylic acids is 1. The molecule has 174 valence electrons. The minimum atomic E-state index is -3.98. The van der Waals surface area contributed by atoms with Gasteiger partial charge in [-0.25, -0.2) is 22.0 Å². The van der Waals surface area contributed by atoms with Crippen LogP contribution in [-0.2, 0) is 31.4 Å². The van der Waals surface area contributed by atoms with Crippen LogP contribution >= 0.6 is 15.9 Å². The molecule has 0 aliphatic carbocycles. The molecule has 0 aliphatic heterocycles. The number of amides is 1. The molecule has 0 saturated heterocycles. The predicted molar refractivity (Wildman–Crippen MR) is 129 cm³/mol. The molecule has 0 bridgehead atoms. The fraction of sp³-hybridized carbons (Fsp3) is 0.136. The van der Waals surface area contributed by atoms with Crippen LogP contribution in [0, 0.1) is 6.92 Å². The van der Waals surface area contributed by atoms with Crippen LogP contribution in [0.1, 0.15) is 11.1 Å². The Labute approximate surface area is 201 Å². The van der Waals surface area contributed by atoms with Gasteiger partial charge in [0.1, 0.15) is 0 Å². The van der Waals surface area contributed by atoms with Gasteiger partial charge in [0.2, 0.25) is 26.0 Å². The third kappa shape index (κ3) is 6.71. The van der Waals surface area contributed by atoms with Crippen molar-refractivity contribution in [1.29, 1.82) is 0 Å². The number of nitrogens with two attached hydrogens (primary N) is 1. The third-order valence-corrected chi connectivity index (χ3v) is 7.98. The summed E-state index contributed by atoms with van der Waals surface area (Å²) in [5.74, 6) is -0.578. The van der Waals surface area contributed by atoms with Crippen LogP contribution in [0.15, 0.2) is 87.1 Å². The highest BCUT2D eigenvalue weighted by molar-refractivity contribution is 9.10. The Bertz CT molecular complexity index is 1340. The highest BCUT2D eigenvalue weighted by Crippen LogP contribution is 2.21. The monoisotopic (exact) mass is 551 g/mol. The van der Waals surface area contributed by atoms with Gasteiger partial charge in [0, 0.05) is 16.7 Å². The van der Waals surface area contributed by atoms with Crippen LogP contribution in [0.25, 0.3) is 0 Å². The van der Waals surface area contributed by atoms with E-state index in [1.54, 1.807) is 12.1 Å². The summed E-state index contributed by atoms with van der Waals surface area (Å²) >= 11 is 3.29. The first-order valence-corrected chi connectivity index (χ1v) is 13.5. The van der Waals surface area contributed by atoms with Gasteiger partial charge in [-0.2, -0.15) is 4.31 Å². The topological polar surface area (TPSA) is 127 Å². The maximum Gasteiger partial charge on any atom is 0.243 e. The first-order valence-electron chi connectivity index (χ1n) is 9.69. The van der Waals surface area contributed by atoms with Gasteiger partial charge < -0.3 is 5.32 Å². The zero-order chi connectivity index (χ0) is 24.2. The van der Waals surface area contributed by atoms with Crippen LogP contribution in [0.3, 0.4) is 0 Å². The SMILES string of the molecule is Cc1ccc(CN(CC(=O)Nc2ccc(S(N)(=O)=O)cc2)S(=O)(=O)c2ccc(Br)cc2)cc1. The smallest absolute Gasteiger partial charge is 0.243 e. The minimum Gasteiger partial charge on any atom is -0.325 e. The number of rotatable bonds is 8. The Kier molecular flexibility index (Phi) is 7.70. The average Bonchev–Trinajstić information content (AvgIpc) is 2.75. The standard InChI is InChI=1S/C22H22BrN3O5S2/c1-16-2-4-17(5-3-16)14-26(33(30,31)21-10-6-18(23)7-11-21)15-22(27)25-19-8-12-20(13-9-19)32(24,28)29/h2-13H,14-15H2,1H3,(H,25,27)(H2,24,28,29). The molecule has 0 spiro atoms. The number of nitrogens with one attached hydrogen (secondary N) is 1. The van der Waals surface area contributed by atoms with Gasteiger partial charge in [0.25, 0.3) is 0 Å². The number of sulfonamides is 2. The molecular formula is C22H22BrN3O5S2. The summed E-state index contributed by atoms with van der Waals surface area (Å²) in [5.41, 5.74) is 2.07. The van der Waals surface area contributed by atoms with E-state index in [1.807, 2.05) is 31.2 Å². The van der Waals surface area contributed by atoms with Crippen molar-refractivity contribution >= 4 is 47.6 Å². The lowest BCUT2D eigenvalue weighted by Crippen LogP contribution is -2.37. The molecule has 0 saturated carbocycles. The van der Waals surface area contributed by atoms with E-state index in [-0.39, 0.29) is 16.3 Å². The van der Waals surface area contributed by atoms with Gasteiger partial charge in [-0.1, -0.05) is 45.8 Å². The maximum atomic E-state index is 13.3. The molecule has 0 atom stereocenters. The van der Waals surface area contributed by atoms with Gasteiger partial charge in [-0.15, -0.1) is 0 Å². The second-order valence-electron chi connectivity index (χ2n) is 7.33. The molecule has 0 fully saturated rings. The highest BCUT2D eigenvalue weighted by Gasteiger charge is 2.27. The molecule has 0 aliphatic rings. The Hall–Kier alpha value is -2.57. The minimum absolute atomic E-state index is 0.00352. The molecule has 3 aromatic rings. The van der Waals surface area contributed by atoms with E-state index in [0.29, 0.717) is 5.69 Å². The summed E-state index contributed by atoms with van der Waals surface area (Å²) in [6.45, 7) is 1.48. The van der Waals surface area contributed by atoms with E-state index in [2.05, 4.69) is 21.2 Å². The number of carbonyl (C=O) groups is 1. The molecule has 1 amide bonds. The zero-order valence-corrected chi connectivity index (χ0v) is 20.8. The number of halogens is 1. The van der Waals surface area contributed by atoms with E-state index in [9.17, 15) is 21.6 Å². The molecule has 0 radical (unpaired) electrons. The van der Waals surface area contributed by atoms with Crippen molar-refractivity contribution in [2.24, 2.45) is 5.14 Å². The summed E-state index contributed by atoms with van der Waals surface area (Å²) in [6.07, 6.45) is 0. The summed E-state index contributed by atoms with van der Waals surface area (Å²) in [5, 5.41) is 7.67. The summed E-state index contributed by atoms with van der Waals surface area (Å²) < 4.78 is 51.2. The van der Waals surface area contributed by atoms with Gasteiger partial charge in [0.15, 0.2) is 0 Å². The third-order valence-electron chi connectivity index (χ3n) is 4.72. The Morgan fingerprint density at radius 3 is 1.97 bits per heavy atom. The van der Waals surface area contributed by atoms with Crippen LogP contribution in [-0.4, -0.2) is 33.6 Å². The highest BCUT2D eigenvalue weighted by atomic mass is 79.9. The lowest BCUT2D eigenvalue weighted by Gasteiger charge is -2.22. The van der Waals surface area contributed by atoms with Crippen LogP contribution < -0.4 is 10.5 Å². The Morgan fingerprint density at radius 1 is 0.879 bits per heavy atom. The number of anilines is 1. The molecule has 0 heterocycles. The van der Waals surface area contributed by atoms with E-state index in [4.69, 9.17) is 5.14 Å². The average molecular weight is 552 g/mol. The predicted octanol–water partition coefficient (Wildman–Crippen LogP) is 3.23. The Morgan fingerprint density at radius 2 is 1.42 bits per heavy atom. The molecule has 0 unspecified atom stereocenters. The second kappa shape index (κ2) is 10.1. The quantitative estimate of drug-likeness (QED) is 0.444. The van der Waals surface area contributed by atoms with Crippen molar-refractivity contribution in [1.82, 2.24) is 4.31 Å². The van der Waals surface area contributed by atoms with Crippen molar-refractivity contribution in [2.75, 3.05) is 11.9 Å². The summed E-state index contributed by atoms with van der Waals surface area (Å²) in [6, 6.07) is 18.8. The van der Waals surface area contributed by atoms with Crippen LogP contribution in [0.4, 0.5) is 5.69 Å². The van der Waals surface area contributed by atoms with Gasteiger partial charge in [0.05, 0.1) is 16.3 Å². The first-order chi connectivity index (χ1) is 15.4. The summed E-state index contributed by atoms with van der Waals surface area (Å²) in [7, 11) is -7.85. The van der Waals surface area contributed by atoms with E-state index in [1.165, 1.54) is 36.4 Å².